The maximum atomic E-state index is 12.5. The van der Waals surface area contributed by atoms with Crippen molar-refractivity contribution in [1.82, 2.24) is 24.8 Å². The Morgan fingerprint density at radius 3 is 2.77 bits per heavy atom. The number of aromatic nitrogens is 3. The lowest BCUT2D eigenvalue weighted by Gasteiger charge is -2.18. The molecule has 3 aromatic rings. The fourth-order valence-electron chi connectivity index (χ4n) is 3.53. The van der Waals surface area contributed by atoms with E-state index >= 15 is 0 Å². The van der Waals surface area contributed by atoms with Crippen LogP contribution < -0.4 is 15.7 Å². The molecule has 1 aliphatic heterocycles. The fourth-order valence-corrected chi connectivity index (χ4v) is 3.53. The zero-order valence-electron chi connectivity index (χ0n) is 15.6. The second-order valence-electron chi connectivity index (χ2n) is 6.91. The molecule has 0 unspecified atom stereocenters. The van der Waals surface area contributed by atoms with Gasteiger partial charge in [0.25, 0.3) is 0 Å². The molecular weight excluding hydrogens is 403 g/mol. The standard InChI is InChI=1S/C19H18F3N5O3/c20-19(21,22)30-14-5-3-12(4-6-14)10-24-17(28)26-9-7-13(11-26)27-16-15(25-18(27)29)2-1-8-23-16/h1-6,8,13H,7,9-11H2,(H,24,28)(H,25,29)/t13-/m1/s1. The van der Waals surface area contributed by atoms with Gasteiger partial charge >= 0.3 is 18.1 Å². The Labute approximate surface area is 168 Å². The minimum Gasteiger partial charge on any atom is -0.406 e. The van der Waals surface area contributed by atoms with Crippen LogP contribution in [0.5, 0.6) is 5.75 Å². The number of imidazole rings is 1. The van der Waals surface area contributed by atoms with E-state index in [1.54, 1.807) is 27.8 Å². The van der Waals surface area contributed by atoms with Crippen molar-refractivity contribution >= 4 is 17.2 Å². The molecule has 30 heavy (non-hydrogen) atoms. The fraction of sp³-hybridized carbons (Fsp3) is 0.316. The smallest absolute Gasteiger partial charge is 0.406 e. The van der Waals surface area contributed by atoms with Gasteiger partial charge in [0.05, 0.1) is 11.6 Å². The van der Waals surface area contributed by atoms with Crippen LogP contribution in [0.25, 0.3) is 11.2 Å². The number of ether oxygens (including phenoxy) is 1. The molecule has 158 valence electrons. The highest BCUT2D eigenvalue weighted by Crippen LogP contribution is 2.24. The average molecular weight is 421 g/mol. The van der Waals surface area contributed by atoms with Crippen LogP contribution in [0.15, 0.2) is 47.4 Å². The summed E-state index contributed by atoms with van der Waals surface area (Å²) >= 11 is 0. The van der Waals surface area contributed by atoms with Gasteiger partial charge in [-0.05, 0) is 36.2 Å². The second-order valence-corrected chi connectivity index (χ2v) is 6.91. The molecule has 8 nitrogen and oxygen atoms in total. The van der Waals surface area contributed by atoms with Crippen LogP contribution in [0.3, 0.4) is 0 Å². The van der Waals surface area contributed by atoms with E-state index in [-0.39, 0.29) is 30.1 Å². The third-order valence-corrected chi connectivity index (χ3v) is 4.89. The van der Waals surface area contributed by atoms with E-state index < -0.39 is 6.36 Å². The highest BCUT2D eigenvalue weighted by Gasteiger charge is 2.31. The molecule has 0 bridgehead atoms. The van der Waals surface area contributed by atoms with Crippen molar-refractivity contribution in [3.8, 4) is 5.75 Å². The van der Waals surface area contributed by atoms with Gasteiger partial charge in [0, 0.05) is 25.8 Å². The minimum absolute atomic E-state index is 0.154. The van der Waals surface area contributed by atoms with Crippen molar-refractivity contribution in [3.05, 3.63) is 58.6 Å². The van der Waals surface area contributed by atoms with Gasteiger partial charge in [-0.15, -0.1) is 13.2 Å². The Morgan fingerprint density at radius 2 is 2.03 bits per heavy atom. The number of urea groups is 1. The number of fused-ring (bicyclic) bond motifs is 1. The largest absolute Gasteiger partial charge is 0.573 e. The Hall–Kier alpha value is -3.50. The molecule has 3 heterocycles. The van der Waals surface area contributed by atoms with Crippen LogP contribution in [-0.2, 0) is 6.54 Å². The number of aromatic amines is 1. The Kier molecular flexibility index (Phi) is 5.10. The van der Waals surface area contributed by atoms with Crippen LogP contribution in [0, 0.1) is 0 Å². The van der Waals surface area contributed by atoms with E-state index in [2.05, 4.69) is 20.0 Å². The number of halogens is 3. The number of carbonyl (C=O) groups is 1. The molecule has 1 atom stereocenters. The monoisotopic (exact) mass is 421 g/mol. The summed E-state index contributed by atoms with van der Waals surface area (Å²) in [7, 11) is 0. The number of hydrogen-bond acceptors (Lipinski definition) is 4. The summed E-state index contributed by atoms with van der Waals surface area (Å²) in [6.45, 7) is 0.981. The maximum absolute atomic E-state index is 12.5. The molecule has 4 rings (SSSR count). The van der Waals surface area contributed by atoms with E-state index in [4.69, 9.17) is 0 Å². The van der Waals surface area contributed by atoms with Gasteiger partial charge in [-0.1, -0.05) is 12.1 Å². The highest BCUT2D eigenvalue weighted by molar-refractivity contribution is 5.75. The van der Waals surface area contributed by atoms with Crippen LogP contribution in [0.2, 0.25) is 0 Å². The minimum atomic E-state index is -4.75. The summed E-state index contributed by atoms with van der Waals surface area (Å²) in [5.74, 6) is -0.322. The number of amides is 2. The number of hydrogen-bond donors (Lipinski definition) is 2. The van der Waals surface area contributed by atoms with E-state index in [0.29, 0.717) is 36.2 Å². The van der Waals surface area contributed by atoms with Crippen molar-refractivity contribution in [2.75, 3.05) is 13.1 Å². The van der Waals surface area contributed by atoms with Crippen LogP contribution in [0.4, 0.5) is 18.0 Å². The highest BCUT2D eigenvalue weighted by atomic mass is 19.4. The molecule has 2 aromatic heterocycles. The van der Waals surface area contributed by atoms with E-state index in [1.165, 1.54) is 24.3 Å². The topological polar surface area (TPSA) is 92.2 Å². The molecule has 1 aromatic carbocycles. The van der Waals surface area contributed by atoms with Gasteiger partial charge in [0.15, 0.2) is 5.65 Å². The molecule has 1 fully saturated rings. The first-order valence-electron chi connectivity index (χ1n) is 9.23. The van der Waals surface area contributed by atoms with Crippen LogP contribution in [0.1, 0.15) is 18.0 Å². The molecular formula is C19H18F3N5O3. The molecule has 0 saturated carbocycles. The number of pyridine rings is 1. The van der Waals surface area contributed by atoms with Gasteiger partial charge < -0.3 is 19.9 Å². The molecule has 0 spiro atoms. The number of likely N-dealkylation sites (tertiary alicyclic amines) is 1. The Balaban J connectivity index is 1.35. The SMILES string of the molecule is O=C(NCc1ccc(OC(F)(F)F)cc1)N1CC[C@@H](n2c(=O)[nH]c3cccnc32)C1. The Bertz CT molecular complexity index is 1110. The summed E-state index contributed by atoms with van der Waals surface area (Å²) in [4.78, 5) is 33.4. The number of nitrogens with zero attached hydrogens (tertiary/aromatic N) is 3. The summed E-state index contributed by atoms with van der Waals surface area (Å²) in [6.07, 6.45) is -2.53. The third kappa shape index (κ3) is 4.24. The average Bonchev–Trinajstić information content (AvgIpc) is 3.29. The number of benzene rings is 1. The predicted molar refractivity (Wildman–Crippen MR) is 101 cm³/mol. The van der Waals surface area contributed by atoms with Gasteiger partial charge in [0.2, 0.25) is 0 Å². The summed E-state index contributed by atoms with van der Waals surface area (Å²) < 4.78 is 42.0. The predicted octanol–water partition coefficient (Wildman–Crippen LogP) is 2.78. The van der Waals surface area contributed by atoms with Gasteiger partial charge in [0.1, 0.15) is 5.75 Å². The first kappa shape index (κ1) is 19.8. The number of rotatable bonds is 4. The first-order valence-corrected chi connectivity index (χ1v) is 9.23. The van der Waals surface area contributed by atoms with Crippen molar-refractivity contribution in [2.45, 2.75) is 25.4 Å². The molecule has 2 N–H and O–H groups in total. The summed E-state index contributed by atoms with van der Waals surface area (Å²) in [5, 5.41) is 2.74. The van der Waals surface area contributed by atoms with Crippen molar-refractivity contribution in [1.29, 1.82) is 0 Å². The molecule has 2 amide bonds. The molecule has 1 aliphatic rings. The quantitative estimate of drug-likeness (QED) is 0.678. The lowest BCUT2D eigenvalue weighted by atomic mass is 10.2. The maximum Gasteiger partial charge on any atom is 0.573 e. The normalized spacial score (nSPS) is 16.8. The number of carbonyl (C=O) groups excluding carboxylic acids is 1. The Morgan fingerprint density at radius 1 is 1.27 bits per heavy atom. The van der Waals surface area contributed by atoms with Crippen molar-refractivity contribution in [3.63, 3.8) is 0 Å². The van der Waals surface area contributed by atoms with E-state index in [0.717, 1.165) is 0 Å². The number of H-pyrrole nitrogens is 1. The first-order chi connectivity index (χ1) is 14.3. The zero-order chi connectivity index (χ0) is 21.3. The van der Waals surface area contributed by atoms with Crippen molar-refractivity contribution < 1.29 is 22.7 Å². The zero-order valence-corrected chi connectivity index (χ0v) is 15.6. The van der Waals surface area contributed by atoms with Gasteiger partial charge in [-0.2, -0.15) is 0 Å². The number of alkyl halides is 3. The molecule has 0 aliphatic carbocycles. The van der Waals surface area contributed by atoms with Crippen LogP contribution >= 0.6 is 0 Å². The summed E-state index contributed by atoms with van der Waals surface area (Å²) in [6, 6.07) is 8.29. The lowest BCUT2D eigenvalue weighted by molar-refractivity contribution is -0.274. The molecule has 1 saturated heterocycles. The second kappa shape index (κ2) is 7.73. The van der Waals surface area contributed by atoms with Gasteiger partial charge in [-0.3, -0.25) is 4.57 Å². The van der Waals surface area contributed by atoms with Crippen molar-refractivity contribution in [2.24, 2.45) is 0 Å². The number of nitrogens with one attached hydrogen (secondary N) is 2. The van der Waals surface area contributed by atoms with E-state index in [9.17, 15) is 22.8 Å². The molecule has 0 radical (unpaired) electrons. The van der Waals surface area contributed by atoms with Gasteiger partial charge in [-0.25, -0.2) is 14.6 Å². The third-order valence-electron chi connectivity index (χ3n) is 4.89. The lowest BCUT2D eigenvalue weighted by Crippen LogP contribution is -2.38. The summed E-state index contributed by atoms with van der Waals surface area (Å²) in [5.41, 5.74) is 1.56. The van der Waals surface area contributed by atoms with Crippen LogP contribution in [-0.4, -0.2) is 44.9 Å². The molecule has 11 heteroatoms. The van der Waals surface area contributed by atoms with E-state index in [1.807, 2.05) is 0 Å².